The summed E-state index contributed by atoms with van der Waals surface area (Å²) in [7, 11) is 0. The van der Waals surface area contributed by atoms with Gasteiger partial charge in [0.15, 0.2) is 11.0 Å². The van der Waals surface area contributed by atoms with Gasteiger partial charge < -0.3 is 0 Å². The Hall–Kier alpha value is -1.78. The number of hydrogen-bond acceptors (Lipinski definition) is 5. The highest BCUT2D eigenvalue weighted by Gasteiger charge is 2.15. The lowest BCUT2D eigenvalue weighted by Crippen LogP contribution is -2.02. The van der Waals surface area contributed by atoms with Crippen LogP contribution in [0.5, 0.6) is 0 Å². The molecule has 0 aliphatic carbocycles. The molecule has 0 aliphatic rings. The Morgan fingerprint density at radius 2 is 1.94 bits per heavy atom. The minimum atomic E-state index is 0.491. The van der Waals surface area contributed by atoms with Crippen LogP contribution in [0.25, 0.3) is 16.6 Å². The molecule has 0 saturated heterocycles. The molecule has 0 atom stereocenters. The normalized spacial score (nSPS) is 11.2. The molecule has 0 bridgehead atoms. The molecule has 0 aromatic carbocycles. The van der Waals surface area contributed by atoms with Gasteiger partial charge in [-0.3, -0.25) is 0 Å². The predicted octanol–water partition coefficient (Wildman–Crippen LogP) is 2.24. The lowest BCUT2D eigenvalue weighted by Gasteiger charge is -2.04. The minimum absolute atomic E-state index is 0.491. The first kappa shape index (κ1) is 10.7. The van der Waals surface area contributed by atoms with Crippen LogP contribution < -0.4 is 0 Å². The zero-order valence-corrected chi connectivity index (χ0v) is 9.69. The van der Waals surface area contributed by atoms with Gasteiger partial charge in [0.2, 0.25) is 0 Å². The number of aromatic nitrogens is 4. The van der Waals surface area contributed by atoms with Crippen LogP contribution in [0.3, 0.4) is 0 Å². The summed E-state index contributed by atoms with van der Waals surface area (Å²) in [6, 6.07) is 0. The zero-order valence-electron chi connectivity index (χ0n) is 9.69. The summed E-state index contributed by atoms with van der Waals surface area (Å²) in [5.74, 6) is 0.491. The van der Waals surface area contributed by atoms with Gasteiger partial charge in [-0.05, 0) is 35.1 Å². The van der Waals surface area contributed by atoms with Crippen molar-refractivity contribution >= 4 is 16.6 Å². The predicted molar refractivity (Wildman–Crippen MR) is 60.6 cm³/mol. The Bertz CT molecular complexity index is 530. The van der Waals surface area contributed by atoms with E-state index in [-0.39, 0.29) is 0 Å². The third-order valence-electron chi connectivity index (χ3n) is 2.26. The number of rotatable bonds is 3. The molecule has 0 fully saturated rings. The fraction of sp³-hybridized carbons (Fsp3) is 0.455. The summed E-state index contributed by atoms with van der Waals surface area (Å²) in [5.41, 5.74) is 3.64. The highest BCUT2D eigenvalue weighted by molar-refractivity contribution is 5.85. The van der Waals surface area contributed by atoms with Crippen molar-refractivity contribution in [1.29, 1.82) is 0 Å². The van der Waals surface area contributed by atoms with E-state index in [0.717, 1.165) is 17.7 Å². The average Bonchev–Trinajstić information content (AvgIpc) is 2.65. The van der Waals surface area contributed by atoms with Crippen LogP contribution in [0, 0.1) is 5.92 Å². The van der Waals surface area contributed by atoms with E-state index in [2.05, 4.69) is 40.9 Å². The van der Waals surface area contributed by atoms with Gasteiger partial charge in [-0.25, -0.2) is 4.63 Å². The van der Waals surface area contributed by atoms with Crippen molar-refractivity contribution in [2.75, 3.05) is 0 Å². The van der Waals surface area contributed by atoms with Gasteiger partial charge in [-0.1, -0.05) is 20.4 Å². The van der Waals surface area contributed by atoms with Crippen LogP contribution >= 0.6 is 0 Å². The number of hydrogen-bond donors (Lipinski definition) is 0. The van der Waals surface area contributed by atoms with E-state index in [9.17, 15) is 0 Å². The van der Waals surface area contributed by atoms with Crippen LogP contribution in [0.15, 0.2) is 11.2 Å². The monoisotopic (exact) mass is 218 g/mol. The quantitative estimate of drug-likeness (QED) is 0.790. The molecule has 84 valence electrons. The topological polar surface area (TPSA) is 64.7 Å². The second kappa shape index (κ2) is 4.00. The Balaban J connectivity index is 2.59. The average molecular weight is 218 g/mol. The molecule has 5 nitrogen and oxygen atoms in total. The third kappa shape index (κ3) is 1.80. The summed E-state index contributed by atoms with van der Waals surface area (Å²) in [6.07, 6.45) is 0.814. The van der Waals surface area contributed by atoms with Gasteiger partial charge in [-0.15, -0.1) is 5.10 Å². The number of nitrogens with zero attached hydrogens (tertiary/aromatic N) is 4. The largest absolute Gasteiger partial charge is 0.243 e. The van der Waals surface area contributed by atoms with Crippen molar-refractivity contribution in [2.45, 2.75) is 27.2 Å². The molecule has 2 aromatic heterocycles. The van der Waals surface area contributed by atoms with E-state index in [1.165, 1.54) is 0 Å². The second-order valence-electron chi connectivity index (χ2n) is 4.34. The Labute approximate surface area is 93.5 Å². The highest BCUT2D eigenvalue weighted by atomic mass is 16.6. The molecule has 5 heteroatoms. The summed E-state index contributed by atoms with van der Waals surface area (Å²) >= 11 is 0. The molecule has 0 radical (unpaired) electrons. The van der Waals surface area contributed by atoms with Gasteiger partial charge in [0.05, 0.1) is 5.69 Å². The molecular weight excluding hydrogens is 204 g/mol. The first-order valence-electron chi connectivity index (χ1n) is 5.23. The van der Waals surface area contributed by atoms with Crippen molar-refractivity contribution in [3.63, 3.8) is 0 Å². The lowest BCUT2D eigenvalue weighted by molar-refractivity contribution is 0.315. The Morgan fingerprint density at radius 3 is 2.56 bits per heavy atom. The van der Waals surface area contributed by atoms with Crippen molar-refractivity contribution in [2.24, 2.45) is 5.92 Å². The van der Waals surface area contributed by atoms with Gasteiger partial charge in [0.25, 0.3) is 0 Å². The van der Waals surface area contributed by atoms with Crippen LogP contribution in [0.2, 0.25) is 0 Å². The standard InChI is InChI=1S/C11H14N4O/c1-6(2)5-8-10-11(15-16-14-10)9(7(3)4)13-12-8/h6H,3,5H2,1-2,4H3. The molecule has 0 saturated carbocycles. The maximum absolute atomic E-state index is 4.76. The molecule has 0 N–H and O–H groups in total. The molecule has 2 aromatic rings. The van der Waals surface area contributed by atoms with Crippen LogP contribution in [0.1, 0.15) is 32.2 Å². The van der Waals surface area contributed by atoms with Crippen molar-refractivity contribution in [1.82, 2.24) is 20.5 Å². The van der Waals surface area contributed by atoms with Gasteiger partial charge in [-0.2, -0.15) is 5.10 Å². The molecule has 16 heavy (non-hydrogen) atoms. The second-order valence-corrected chi connectivity index (χ2v) is 4.34. The highest BCUT2D eigenvalue weighted by Crippen LogP contribution is 2.21. The van der Waals surface area contributed by atoms with E-state index >= 15 is 0 Å². The Morgan fingerprint density at radius 1 is 1.25 bits per heavy atom. The molecule has 0 spiro atoms. The van der Waals surface area contributed by atoms with Crippen LogP contribution in [0.4, 0.5) is 0 Å². The maximum atomic E-state index is 4.76. The Kier molecular flexibility index (Phi) is 2.68. The first-order chi connectivity index (χ1) is 7.59. The molecular formula is C11H14N4O. The summed E-state index contributed by atoms with van der Waals surface area (Å²) in [5, 5.41) is 16.0. The lowest BCUT2D eigenvalue weighted by atomic mass is 10.1. The van der Waals surface area contributed by atoms with E-state index in [1.54, 1.807) is 0 Å². The molecule has 0 aliphatic heterocycles. The SMILES string of the molecule is C=C(C)c1nnc(CC(C)C)c2nonc12. The summed E-state index contributed by atoms with van der Waals surface area (Å²) < 4.78 is 4.76. The van der Waals surface area contributed by atoms with E-state index in [1.807, 2.05) is 6.92 Å². The molecule has 0 unspecified atom stereocenters. The summed E-state index contributed by atoms with van der Waals surface area (Å²) in [4.78, 5) is 0. The van der Waals surface area contributed by atoms with Crippen molar-refractivity contribution < 1.29 is 4.63 Å². The van der Waals surface area contributed by atoms with Gasteiger partial charge in [0.1, 0.15) is 5.69 Å². The third-order valence-corrected chi connectivity index (χ3v) is 2.26. The number of allylic oxidation sites excluding steroid dienone is 1. The fourth-order valence-electron chi connectivity index (χ4n) is 1.55. The van der Waals surface area contributed by atoms with Crippen LogP contribution in [-0.2, 0) is 6.42 Å². The van der Waals surface area contributed by atoms with E-state index < -0.39 is 0 Å². The number of fused-ring (bicyclic) bond motifs is 1. The zero-order chi connectivity index (χ0) is 11.7. The van der Waals surface area contributed by atoms with E-state index in [4.69, 9.17) is 4.63 Å². The summed E-state index contributed by atoms with van der Waals surface area (Å²) in [6.45, 7) is 9.93. The van der Waals surface area contributed by atoms with Crippen LogP contribution in [-0.4, -0.2) is 20.5 Å². The minimum Gasteiger partial charge on any atom is -0.243 e. The van der Waals surface area contributed by atoms with Gasteiger partial charge >= 0.3 is 0 Å². The van der Waals surface area contributed by atoms with E-state index in [0.29, 0.717) is 22.6 Å². The van der Waals surface area contributed by atoms with Crippen molar-refractivity contribution in [3.8, 4) is 0 Å². The molecule has 2 heterocycles. The van der Waals surface area contributed by atoms with Crippen molar-refractivity contribution in [3.05, 3.63) is 18.0 Å². The smallest absolute Gasteiger partial charge is 0.164 e. The fourth-order valence-corrected chi connectivity index (χ4v) is 1.55. The van der Waals surface area contributed by atoms with Gasteiger partial charge in [0, 0.05) is 0 Å². The molecule has 2 rings (SSSR count). The first-order valence-corrected chi connectivity index (χ1v) is 5.23. The maximum Gasteiger partial charge on any atom is 0.164 e. The molecule has 0 amide bonds.